The van der Waals surface area contributed by atoms with E-state index in [4.69, 9.17) is 0 Å². The summed E-state index contributed by atoms with van der Waals surface area (Å²) in [7, 11) is 3.97. The Hall–Kier alpha value is -1.18. The molecule has 0 spiro atoms. The van der Waals surface area contributed by atoms with E-state index >= 15 is 0 Å². The molecule has 20 heavy (non-hydrogen) atoms. The largest absolute Gasteiger partial charge is 0.354 e. The van der Waals surface area contributed by atoms with Crippen LogP contribution in [0.15, 0.2) is 6.07 Å². The van der Waals surface area contributed by atoms with Gasteiger partial charge in [-0.2, -0.15) is 0 Å². The molecule has 7 heteroatoms. The van der Waals surface area contributed by atoms with Crippen LogP contribution in [0, 0.1) is 0 Å². The highest BCUT2D eigenvalue weighted by atomic mass is 32.1. The molecule has 1 aliphatic rings. The molecule has 2 aromatic rings. The number of thiophene rings is 1. The fraction of sp³-hybridized carbons (Fsp3) is 0.538. The highest BCUT2D eigenvalue weighted by molar-refractivity contribution is 7.29. The second kappa shape index (κ2) is 5.31. The first-order valence-corrected chi connectivity index (χ1v) is 8.29. The van der Waals surface area contributed by atoms with Crippen LogP contribution in [0.4, 0.5) is 5.13 Å². The molecule has 2 aromatic heterocycles. The molecule has 0 bridgehead atoms. The topological polar surface area (TPSA) is 48.5 Å². The Morgan fingerprint density at radius 2 is 2.30 bits per heavy atom. The molecule has 0 aromatic carbocycles. The molecule has 1 fully saturated rings. The van der Waals surface area contributed by atoms with E-state index in [2.05, 4.69) is 17.2 Å². The number of fused-ring (bicyclic) bond motifs is 1. The van der Waals surface area contributed by atoms with Gasteiger partial charge in [0.2, 0.25) is 0 Å². The number of rotatable bonds is 2. The smallest absolute Gasteiger partial charge is 0.264 e. The van der Waals surface area contributed by atoms with Gasteiger partial charge in [0.15, 0.2) is 5.13 Å². The molecule has 0 radical (unpaired) electrons. The van der Waals surface area contributed by atoms with Crippen molar-refractivity contribution in [2.45, 2.75) is 13.0 Å². The summed E-state index contributed by atoms with van der Waals surface area (Å²) in [5.74, 6) is 0.139. The molecule has 0 aliphatic carbocycles. The molecule has 1 N–H and O–H groups in total. The standard InChI is InChI=1S/C13H18N4OS2/c1-8-7-14-4-5-17(8)12(18)10-6-9-11(19-10)15-13(20-9)16(2)3/h6,8,14H,4-5,7H2,1-3H3/t8-/m1/s1. The van der Waals surface area contributed by atoms with Crippen molar-refractivity contribution in [1.82, 2.24) is 15.2 Å². The summed E-state index contributed by atoms with van der Waals surface area (Å²) >= 11 is 3.13. The third-order valence-corrected chi connectivity index (χ3v) is 5.75. The van der Waals surface area contributed by atoms with Gasteiger partial charge in [-0.1, -0.05) is 11.3 Å². The number of nitrogens with one attached hydrogen (secondary N) is 1. The normalized spacial score (nSPS) is 19.6. The minimum atomic E-state index is 0.139. The summed E-state index contributed by atoms with van der Waals surface area (Å²) in [6.45, 7) is 4.61. The number of piperazine rings is 1. The first kappa shape index (κ1) is 13.8. The monoisotopic (exact) mass is 310 g/mol. The van der Waals surface area contributed by atoms with Crippen LogP contribution in [0.5, 0.6) is 0 Å². The average Bonchev–Trinajstić information content (AvgIpc) is 2.96. The first-order valence-electron chi connectivity index (χ1n) is 6.65. The molecule has 0 saturated carbocycles. The highest BCUT2D eigenvalue weighted by Gasteiger charge is 2.26. The molecule has 1 saturated heterocycles. The van der Waals surface area contributed by atoms with Crippen LogP contribution in [0.3, 0.4) is 0 Å². The summed E-state index contributed by atoms with van der Waals surface area (Å²) in [4.78, 5) is 22.9. The van der Waals surface area contributed by atoms with Crippen LogP contribution in [-0.4, -0.2) is 55.6 Å². The van der Waals surface area contributed by atoms with Gasteiger partial charge in [-0.05, 0) is 13.0 Å². The molecular formula is C13H18N4OS2. The van der Waals surface area contributed by atoms with E-state index in [9.17, 15) is 4.79 Å². The molecule has 3 heterocycles. The molecule has 0 unspecified atom stereocenters. The number of hydrogen-bond donors (Lipinski definition) is 1. The zero-order valence-corrected chi connectivity index (χ0v) is 13.5. The van der Waals surface area contributed by atoms with Gasteiger partial charge in [-0.3, -0.25) is 4.79 Å². The van der Waals surface area contributed by atoms with Gasteiger partial charge >= 0.3 is 0 Å². The van der Waals surface area contributed by atoms with Crippen molar-refractivity contribution in [2.24, 2.45) is 0 Å². The predicted octanol–water partition coefficient (Wildman–Crippen LogP) is 1.86. The van der Waals surface area contributed by atoms with Crippen molar-refractivity contribution in [3.05, 3.63) is 10.9 Å². The summed E-state index contributed by atoms with van der Waals surface area (Å²) in [5.41, 5.74) is 0. The van der Waals surface area contributed by atoms with Gasteiger partial charge < -0.3 is 15.1 Å². The van der Waals surface area contributed by atoms with E-state index in [0.29, 0.717) is 0 Å². The van der Waals surface area contributed by atoms with Crippen molar-refractivity contribution in [1.29, 1.82) is 0 Å². The van der Waals surface area contributed by atoms with Crippen LogP contribution in [-0.2, 0) is 0 Å². The van der Waals surface area contributed by atoms with Gasteiger partial charge in [-0.15, -0.1) is 11.3 Å². The SMILES string of the molecule is C[C@@H]1CNCCN1C(=O)c1cc2sc(N(C)C)nc2s1. The quantitative estimate of drug-likeness (QED) is 0.920. The highest BCUT2D eigenvalue weighted by Crippen LogP contribution is 2.34. The fourth-order valence-electron chi connectivity index (χ4n) is 2.30. The lowest BCUT2D eigenvalue weighted by Crippen LogP contribution is -2.52. The minimum Gasteiger partial charge on any atom is -0.354 e. The number of anilines is 1. The lowest BCUT2D eigenvalue weighted by molar-refractivity contribution is 0.0661. The summed E-state index contributed by atoms with van der Waals surface area (Å²) in [6, 6.07) is 2.24. The van der Waals surface area contributed by atoms with Crippen molar-refractivity contribution >= 4 is 43.2 Å². The lowest BCUT2D eigenvalue weighted by Gasteiger charge is -2.33. The van der Waals surface area contributed by atoms with Crippen LogP contribution >= 0.6 is 22.7 Å². The van der Waals surface area contributed by atoms with Gasteiger partial charge in [-0.25, -0.2) is 4.98 Å². The average molecular weight is 310 g/mol. The number of thiazole rings is 1. The van der Waals surface area contributed by atoms with Crippen LogP contribution in [0.2, 0.25) is 0 Å². The molecular weight excluding hydrogens is 292 g/mol. The number of carbonyl (C=O) groups excluding carboxylic acids is 1. The van der Waals surface area contributed by atoms with E-state index in [1.165, 1.54) is 11.3 Å². The van der Waals surface area contributed by atoms with Gasteiger partial charge in [0.1, 0.15) is 4.83 Å². The maximum absolute atomic E-state index is 12.6. The van der Waals surface area contributed by atoms with E-state index < -0.39 is 0 Å². The zero-order chi connectivity index (χ0) is 14.3. The fourth-order valence-corrected chi connectivity index (χ4v) is 4.39. The first-order chi connectivity index (χ1) is 9.56. The third kappa shape index (κ3) is 2.41. The van der Waals surface area contributed by atoms with Crippen LogP contribution in [0.1, 0.15) is 16.6 Å². The molecule has 5 nitrogen and oxygen atoms in total. The minimum absolute atomic E-state index is 0.139. The number of aromatic nitrogens is 1. The Kier molecular flexibility index (Phi) is 3.66. The maximum Gasteiger partial charge on any atom is 0.264 e. The lowest BCUT2D eigenvalue weighted by atomic mass is 10.2. The number of nitrogens with zero attached hydrogens (tertiary/aromatic N) is 3. The molecule has 1 aliphatic heterocycles. The molecule has 3 rings (SSSR count). The Morgan fingerprint density at radius 1 is 1.50 bits per heavy atom. The van der Waals surface area contributed by atoms with Crippen molar-refractivity contribution in [3.8, 4) is 0 Å². The second-order valence-electron chi connectivity index (χ2n) is 5.22. The van der Waals surface area contributed by atoms with Crippen LogP contribution < -0.4 is 10.2 Å². The number of hydrogen-bond acceptors (Lipinski definition) is 6. The Labute approximate surface area is 126 Å². The van der Waals surface area contributed by atoms with Crippen molar-refractivity contribution in [2.75, 3.05) is 38.6 Å². The predicted molar refractivity (Wildman–Crippen MR) is 85.2 cm³/mol. The summed E-state index contributed by atoms with van der Waals surface area (Å²) < 4.78 is 1.10. The molecule has 108 valence electrons. The van der Waals surface area contributed by atoms with Gasteiger partial charge in [0.25, 0.3) is 5.91 Å². The number of carbonyl (C=O) groups is 1. The maximum atomic E-state index is 12.6. The van der Waals surface area contributed by atoms with Crippen LogP contribution in [0.25, 0.3) is 9.53 Å². The van der Waals surface area contributed by atoms with E-state index in [0.717, 1.165) is 39.2 Å². The summed E-state index contributed by atoms with van der Waals surface area (Å²) in [5, 5.41) is 4.29. The Bertz CT molecular complexity index is 602. The van der Waals surface area contributed by atoms with Gasteiger partial charge in [0.05, 0.1) is 9.58 Å². The Balaban J connectivity index is 1.86. The Morgan fingerprint density at radius 3 is 2.95 bits per heavy atom. The molecule has 1 amide bonds. The van der Waals surface area contributed by atoms with E-state index in [1.54, 1.807) is 11.3 Å². The zero-order valence-electron chi connectivity index (χ0n) is 11.8. The van der Waals surface area contributed by atoms with E-state index in [-0.39, 0.29) is 11.9 Å². The second-order valence-corrected chi connectivity index (χ2v) is 7.26. The summed E-state index contributed by atoms with van der Waals surface area (Å²) in [6.07, 6.45) is 0. The van der Waals surface area contributed by atoms with Crippen molar-refractivity contribution in [3.63, 3.8) is 0 Å². The third-order valence-electron chi connectivity index (χ3n) is 3.43. The molecule has 1 atom stereocenters. The van der Waals surface area contributed by atoms with Crippen molar-refractivity contribution < 1.29 is 4.79 Å². The van der Waals surface area contributed by atoms with E-state index in [1.807, 2.05) is 30.0 Å². The number of amides is 1. The van der Waals surface area contributed by atoms with Gasteiger partial charge in [0, 0.05) is 39.8 Å².